The van der Waals surface area contributed by atoms with Gasteiger partial charge in [-0.1, -0.05) is 54.6 Å². The summed E-state index contributed by atoms with van der Waals surface area (Å²) in [7, 11) is 0. The van der Waals surface area contributed by atoms with E-state index in [1.807, 2.05) is 90.4 Å². The number of aliphatic hydroxyl groups is 1. The monoisotopic (exact) mass is 412 g/mol. The molecule has 0 aliphatic heterocycles. The van der Waals surface area contributed by atoms with Crippen LogP contribution in [0.3, 0.4) is 0 Å². The van der Waals surface area contributed by atoms with Gasteiger partial charge >= 0.3 is 5.69 Å². The van der Waals surface area contributed by atoms with Gasteiger partial charge in [-0.15, -0.1) is 0 Å². The first kappa shape index (κ1) is 19.3. The Morgan fingerprint density at radius 1 is 0.806 bits per heavy atom. The van der Waals surface area contributed by atoms with Crippen molar-refractivity contribution in [3.05, 3.63) is 101 Å². The van der Waals surface area contributed by atoms with Crippen LogP contribution in [0.25, 0.3) is 22.1 Å². The van der Waals surface area contributed by atoms with Gasteiger partial charge in [0.15, 0.2) is 0 Å². The van der Waals surface area contributed by atoms with E-state index in [-0.39, 0.29) is 5.69 Å². The molecule has 1 unspecified atom stereocenters. The van der Waals surface area contributed by atoms with E-state index in [2.05, 4.69) is 0 Å². The van der Waals surface area contributed by atoms with Crippen LogP contribution in [-0.4, -0.2) is 23.8 Å². The number of hydrogen-bond donors (Lipinski definition) is 1. The van der Waals surface area contributed by atoms with E-state index in [1.54, 1.807) is 9.13 Å². The first-order chi connectivity index (χ1) is 15.2. The summed E-state index contributed by atoms with van der Waals surface area (Å²) in [4.78, 5) is 18.0. The first-order valence-electron chi connectivity index (χ1n) is 10.5. The second kappa shape index (κ2) is 7.89. The van der Waals surface area contributed by atoms with Crippen LogP contribution in [0.4, 0.5) is 0 Å². The van der Waals surface area contributed by atoms with Gasteiger partial charge < -0.3 is 9.67 Å². The van der Waals surface area contributed by atoms with E-state index < -0.39 is 6.10 Å². The Morgan fingerprint density at radius 3 is 2.13 bits per heavy atom. The largest absolute Gasteiger partial charge is 0.387 e. The molecule has 0 spiro atoms. The molecule has 3 aromatic carbocycles. The highest BCUT2D eigenvalue weighted by molar-refractivity contribution is 5.77. The number of rotatable bonds is 6. The molecule has 2 heterocycles. The highest BCUT2D eigenvalue weighted by Crippen LogP contribution is 2.23. The van der Waals surface area contributed by atoms with Gasteiger partial charge in [-0.3, -0.25) is 9.13 Å². The van der Waals surface area contributed by atoms with E-state index in [9.17, 15) is 9.90 Å². The van der Waals surface area contributed by atoms with Gasteiger partial charge in [0.1, 0.15) is 5.82 Å². The Kier molecular flexibility index (Phi) is 4.92. The number of aryl methyl sites for hydroxylation is 1. The Labute approximate surface area is 179 Å². The van der Waals surface area contributed by atoms with Gasteiger partial charge in [0.2, 0.25) is 0 Å². The van der Waals surface area contributed by atoms with Crippen molar-refractivity contribution in [2.24, 2.45) is 0 Å². The molecule has 6 nitrogen and oxygen atoms in total. The zero-order valence-electron chi connectivity index (χ0n) is 17.3. The Bertz CT molecular complexity index is 1410. The fourth-order valence-corrected chi connectivity index (χ4v) is 4.28. The van der Waals surface area contributed by atoms with Crippen LogP contribution in [0.5, 0.6) is 0 Å². The number of fused-ring (bicyclic) bond motifs is 2. The normalized spacial score (nSPS) is 12.6. The molecular weight excluding hydrogens is 388 g/mol. The second-order valence-corrected chi connectivity index (χ2v) is 7.66. The minimum absolute atomic E-state index is 0.0501. The summed E-state index contributed by atoms with van der Waals surface area (Å²) in [5.41, 5.74) is 4.40. The highest BCUT2D eigenvalue weighted by atomic mass is 16.3. The Balaban J connectivity index is 1.62. The molecule has 6 heteroatoms. The van der Waals surface area contributed by atoms with Crippen molar-refractivity contribution in [2.45, 2.75) is 32.7 Å². The van der Waals surface area contributed by atoms with Crippen molar-refractivity contribution in [1.29, 1.82) is 0 Å². The van der Waals surface area contributed by atoms with Crippen molar-refractivity contribution < 1.29 is 5.11 Å². The third kappa shape index (κ3) is 3.35. The number of hydrogen-bond acceptors (Lipinski definition) is 3. The topological polar surface area (TPSA) is 65.0 Å². The maximum Gasteiger partial charge on any atom is 0.329 e. The molecule has 1 N–H and O–H groups in total. The lowest BCUT2D eigenvalue weighted by Gasteiger charge is -2.15. The van der Waals surface area contributed by atoms with Gasteiger partial charge in [0.05, 0.1) is 41.3 Å². The molecule has 5 rings (SSSR count). The Morgan fingerprint density at radius 2 is 1.42 bits per heavy atom. The molecule has 156 valence electrons. The summed E-state index contributed by atoms with van der Waals surface area (Å²) in [5, 5.41) is 10.9. The zero-order valence-corrected chi connectivity index (χ0v) is 17.3. The van der Waals surface area contributed by atoms with Crippen LogP contribution in [0, 0.1) is 0 Å². The fraction of sp³-hybridized carbons (Fsp3) is 0.200. The van der Waals surface area contributed by atoms with Crippen molar-refractivity contribution in [1.82, 2.24) is 18.7 Å². The summed E-state index contributed by atoms with van der Waals surface area (Å²) < 4.78 is 5.57. The van der Waals surface area contributed by atoms with Crippen molar-refractivity contribution in [3.8, 4) is 0 Å². The molecule has 0 saturated carbocycles. The average Bonchev–Trinajstić information content (AvgIpc) is 3.29. The van der Waals surface area contributed by atoms with Gasteiger partial charge in [0, 0.05) is 6.54 Å². The number of para-hydroxylation sites is 4. The number of benzene rings is 3. The number of imidazole rings is 2. The summed E-state index contributed by atoms with van der Waals surface area (Å²) >= 11 is 0. The molecule has 0 aliphatic carbocycles. The smallest absolute Gasteiger partial charge is 0.329 e. The van der Waals surface area contributed by atoms with Gasteiger partial charge in [0.25, 0.3) is 0 Å². The number of nitrogens with zero attached hydrogens (tertiary/aromatic N) is 4. The SMILES string of the molecule is CCn1c(=O)n(Cc2nc3ccccc3n2CC(O)c2ccccc2)c2ccccc21. The third-order valence-electron chi connectivity index (χ3n) is 5.81. The molecule has 0 amide bonds. The standard InChI is InChI=1S/C25H24N4O2/c1-2-27-21-14-8-9-15-22(21)29(25(27)31)17-24-26-19-12-6-7-13-20(19)28(24)16-23(30)18-10-4-3-5-11-18/h3-15,23,30H,2,16-17H2,1H3. The second-order valence-electron chi connectivity index (χ2n) is 7.66. The quantitative estimate of drug-likeness (QED) is 0.459. The lowest BCUT2D eigenvalue weighted by molar-refractivity contribution is 0.156. The fourth-order valence-electron chi connectivity index (χ4n) is 4.28. The summed E-state index contributed by atoms with van der Waals surface area (Å²) in [5.74, 6) is 0.747. The molecule has 0 saturated heterocycles. The molecule has 31 heavy (non-hydrogen) atoms. The van der Waals surface area contributed by atoms with E-state index in [0.29, 0.717) is 19.6 Å². The maximum atomic E-state index is 13.1. The molecule has 2 aromatic heterocycles. The zero-order chi connectivity index (χ0) is 21.4. The summed E-state index contributed by atoms with van der Waals surface area (Å²) in [6, 6.07) is 25.3. The highest BCUT2D eigenvalue weighted by Gasteiger charge is 2.18. The van der Waals surface area contributed by atoms with Crippen molar-refractivity contribution in [3.63, 3.8) is 0 Å². The van der Waals surface area contributed by atoms with Crippen LogP contribution in [0.2, 0.25) is 0 Å². The van der Waals surface area contributed by atoms with Gasteiger partial charge in [-0.25, -0.2) is 9.78 Å². The van der Waals surface area contributed by atoms with E-state index in [1.165, 1.54) is 0 Å². The predicted octanol–water partition coefficient (Wildman–Crippen LogP) is 3.95. The van der Waals surface area contributed by atoms with Crippen LogP contribution in [0.15, 0.2) is 83.7 Å². The number of aromatic nitrogens is 4. The number of aliphatic hydroxyl groups excluding tert-OH is 1. The molecule has 0 aliphatic rings. The predicted molar refractivity (Wildman–Crippen MR) is 122 cm³/mol. The van der Waals surface area contributed by atoms with Crippen LogP contribution in [-0.2, 0) is 19.6 Å². The van der Waals surface area contributed by atoms with Gasteiger partial charge in [-0.05, 0) is 36.8 Å². The maximum absolute atomic E-state index is 13.1. The van der Waals surface area contributed by atoms with E-state index in [4.69, 9.17) is 4.98 Å². The molecular formula is C25H24N4O2. The lowest BCUT2D eigenvalue weighted by Crippen LogP contribution is -2.25. The lowest BCUT2D eigenvalue weighted by atomic mass is 10.1. The summed E-state index contributed by atoms with van der Waals surface area (Å²) in [6.07, 6.45) is -0.675. The van der Waals surface area contributed by atoms with E-state index >= 15 is 0 Å². The first-order valence-corrected chi connectivity index (χ1v) is 10.5. The van der Waals surface area contributed by atoms with Crippen LogP contribution < -0.4 is 5.69 Å². The minimum atomic E-state index is -0.675. The summed E-state index contributed by atoms with van der Waals surface area (Å²) in [6.45, 7) is 3.28. The third-order valence-corrected chi connectivity index (χ3v) is 5.81. The molecule has 0 radical (unpaired) electrons. The van der Waals surface area contributed by atoms with Crippen molar-refractivity contribution >= 4 is 22.1 Å². The minimum Gasteiger partial charge on any atom is -0.387 e. The van der Waals surface area contributed by atoms with Crippen molar-refractivity contribution in [2.75, 3.05) is 0 Å². The molecule has 5 aromatic rings. The molecule has 0 bridgehead atoms. The van der Waals surface area contributed by atoms with Crippen LogP contribution in [0.1, 0.15) is 24.4 Å². The molecule has 0 fully saturated rings. The van der Waals surface area contributed by atoms with Gasteiger partial charge in [-0.2, -0.15) is 0 Å². The Hall–Kier alpha value is -3.64. The van der Waals surface area contributed by atoms with E-state index in [0.717, 1.165) is 33.5 Å². The molecule has 1 atom stereocenters. The average molecular weight is 412 g/mol. The van der Waals surface area contributed by atoms with Crippen LogP contribution >= 0.6 is 0 Å².